The summed E-state index contributed by atoms with van der Waals surface area (Å²) in [5.41, 5.74) is 2.23. The van der Waals surface area contributed by atoms with Crippen molar-refractivity contribution in [3.63, 3.8) is 0 Å². The molecule has 0 atom stereocenters. The lowest BCUT2D eigenvalue weighted by Gasteiger charge is -2.14. The molecule has 0 saturated heterocycles. The highest BCUT2D eigenvalue weighted by Gasteiger charge is 2.17. The number of rotatable bonds is 10. The van der Waals surface area contributed by atoms with Gasteiger partial charge in [-0.05, 0) is 43.2 Å². The number of aromatic carboxylic acids is 1. The maximum absolute atomic E-state index is 13.2. The van der Waals surface area contributed by atoms with Gasteiger partial charge in [-0.15, -0.1) is 0 Å². The quantitative estimate of drug-likeness (QED) is 0.203. The Morgan fingerprint density at radius 1 is 0.900 bits per heavy atom. The summed E-state index contributed by atoms with van der Waals surface area (Å²) in [7, 11) is 0. The van der Waals surface area contributed by atoms with Crippen molar-refractivity contribution in [1.29, 1.82) is 0 Å². The molecule has 0 bridgehead atoms. The minimum atomic E-state index is -1.30. The van der Waals surface area contributed by atoms with Crippen molar-refractivity contribution in [2.45, 2.75) is 33.1 Å². The number of ether oxygens (including phenoxy) is 2. The van der Waals surface area contributed by atoms with Gasteiger partial charge in [-0.25, -0.2) is 4.79 Å². The van der Waals surface area contributed by atoms with Gasteiger partial charge in [-0.1, -0.05) is 43.7 Å². The molecule has 8 nitrogen and oxygen atoms in total. The van der Waals surface area contributed by atoms with E-state index < -0.39 is 17.2 Å². The van der Waals surface area contributed by atoms with Crippen molar-refractivity contribution >= 4 is 27.9 Å². The lowest BCUT2D eigenvalue weighted by molar-refractivity contribution is 0.0663. The van der Waals surface area contributed by atoms with Crippen molar-refractivity contribution in [1.82, 2.24) is 0 Å². The summed E-state index contributed by atoms with van der Waals surface area (Å²) in [6.07, 6.45) is 1.86. The van der Waals surface area contributed by atoms with E-state index in [2.05, 4.69) is 0 Å². The summed E-state index contributed by atoms with van der Waals surface area (Å²) in [6.45, 7) is 4.44. The molecule has 5 rings (SSSR count). The maximum Gasteiger partial charge on any atom is 0.371 e. The van der Waals surface area contributed by atoms with Gasteiger partial charge < -0.3 is 23.4 Å². The Morgan fingerprint density at radius 2 is 1.65 bits per heavy atom. The highest BCUT2D eigenvalue weighted by atomic mass is 16.5. The SMILES string of the molecule is CCCc1c(OCCCOc2ccc3c(=O)c(-c4ccccc4)c(C)oc3c2)ccc2c(=O)cc(C(=O)O)oc12. The van der Waals surface area contributed by atoms with Gasteiger partial charge in [0, 0.05) is 24.1 Å². The summed E-state index contributed by atoms with van der Waals surface area (Å²) in [5.74, 6) is -0.0540. The van der Waals surface area contributed by atoms with Crippen molar-refractivity contribution in [3.05, 3.63) is 104 Å². The van der Waals surface area contributed by atoms with Gasteiger partial charge in [0.05, 0.1) is 29.5 Å². The molecular weight excluding hydrogens is 512 g/mol. The van der Waals surface area contributed by atoms with Crippen LogP contribution in [0.25, 0.3) is 33.1 Å². The first-order chi connectivity index (χ1) is 19.4. The fourth-order valence-electron chi connectivity index (χ4n) is 4.73. The molecule has 0 radical (unpaired) electrons. The van der Waals surface area contributed by atoms with E-state index in [1.165, 1.54) is 0 Å². The topological polar surface area (TPSA) is 116 Å². The normalized spacial score (nSPS) is 11.2. The lowest BCUT2D eigenvalue weighted by Crippen LogP contribution is -2.10. The number of aryl methyl sites for hydroxylation is 2. The molecule has 40 heavy (non-hydrogen) atoms. The molecule has 0 aliphatic rings. The molecule has 8 heteroatoms. The summed E-state index contributed by atoms with van der Waals surface area (Å²) in [5, 5.41) is 10.1. The molecule has 2 heterocycles. The number of carbonyl (C=O) groups is 1. The molecule has 0 unspecified atom stereocenters. The van der Waals surface area contributed by atoms with Crippen molar-refractivity contribution in [2.75, 3.05) is 13.2 Å². The minimum Gasteiger partial charge on any atom is -0.493 e. The molecule has 2 aromatic heterocycles. The smallest absolute Gasteiger partial charge is 0.371 e. The highest BCUT2D eigenvalue weighted by Crippen LogP contribution is 2.29. The molecule has 204 valence electrons. The Balaban J connectivity index is 1.27. The molecule has 0 fully saturated rings. The third-order valence-electron chi connectivity index (χ3n) is 6.59. The second kappa shape index (κ2) is 11.5. The van der Waals surface area contributed by atoms with Crippen LogP contribution in [0.5, 0.6) is 11.5 Å². The van der Waals surface area contributed by atoms with Crippen LogP contribution in [0.15, 0.2) is 85.2 Å². The van der Waals surface area contributed by atoms with E-state index >= 15 is 0 Å². The Hall–Kier alpha value is -4.85. The predicted octanol–water partition coefficient (Wildman–Crippen LogP) is 6.37. The first-order valence-electron chi connectivity index (χ1n) is 13.1. The Morgan fingerprint density at radius 3 is 2.40 bits per heavy atom. The minimum absolute atomic E-state index is 0.0884. The van der Waals surface area contributed by atoms with E-state index in [0.717, 1.165) is 18.1 Å². The van der Waals surface area contributed by atoms with E-state index in [9.17, 15) is 19.5 Å². The van der Waals surface area contributed by atoms with Crippen LogP contribution in [0.4, 0.5) is 0 Å². The maximum atomic E-state index is 13.2. The Bertz CT molecular complexity index is 1820. The summed E-state index contributed by atoms with van der Waals surface area (Å²) in [6, 6.07) is 18.9. The lowest BCUT2D eigenvalue weighted by atomic mass is 10.0. The molecular formula is C32H28O8. The van der Waals surface area contributed by atoms with Gasteiger partial charge in [-0.2, -0.15) is 0 Å². The van der Waals surface area contributed by atoms with E-state index in [1.807, 2.05) is 37.3 Å². The molecule has 5 aromatic rings. The van der Waals surface area contributed by atoms with E-state index in [1.54, 1.807) is 37.3 Å². The van der Waals surface area contributed by atoms with Crippen LogP contribution in [0.1, 0.15) is 41.6 Å². The van der Waals surface area contributed by atoms with Gasteiger partial charge in [0.1, 0.15) is 28.4 Å². The third kappa shape index (κ3) is 5.33. The Labute approximate surface area is 229 Å². The van der Waals surface area contributed by atoms with Crippen LogP contribution in [0, 0.1) is 6.92 Å². The second-order valence-corrected chi connectivity index (χ2v) is 9.39. The number of hydrogen-bond donors (Lipinski definition) is 1. The zero-order valence-corrected chi connectivity index (χ0v) is 22.2. The van der Waals surface area contributed by atoms with Crippen LogP contribution in [-0.2, 0) is 6.42 Å². The van der Waals surface area contributed by atoms with Crippen LogP contribution in [0.2, 0.25) is 0 Å². The Kier molecular flexibility index (Phi) is 7.68. The largest absolute Gasteiger partial charge is 0.493 e. The predicted molar refractivity (Wildman–Crippen MR) is 152 cm³/mol. The summed E-state index contributed by atoms with van der Waals surface area (Å²) < 4.78 is 23.4. The average Bonchev–Trinajstić information content (AvgIpc) is 2.94. The summed E-state index contributed by atoms with van der Waals surface area (Å²) >= 11 is 0. The average molecular weight is 541 g/mol. The van der Waals surface area contributed by atoms with Gasteiger partial charge in [0.2, 0.25) is 11.2 Å². The second-order valence-electron chi connectivity index (χ2n) is 9.39. The molecule has 0 saturated carbocycles. The molecule has 3 aromatic carbocycles. The van der Waals surface area contributed by atoms with Crippen molar-refractivity contribution < 1.29 is 28.2 Å². The van der Waals surface area contributed by atoms with Gasteiger partial charge in [-0.3, -0.25) is 9.59 Å². The first-order valence-corrected chi connectivity index (χ1v) is 13.1. The monoisotopic (exact) mass is 540 g/mol. The molecule has 0 aliphatic heterocycles. The van der Waals surface area contributed by atoms with Gasteiger partial charge in [0.25, 0.3) is 0 Å². The molecule has 0 amide bonds. The standard InChI is InChI=1S/C32H28O8/c1-3-8-24-26(14-13-22-25(33)18-28(32(35)36)40-31(22)24)38-16-7-15-37-21-11-12-23-27(17-21)39-19(2)29(30(23)34)20-9-5-4-6-10-20/h4-6,9-14,17-18H,3,7-8,15-16H2,1-2H3,(H,35,36). The van der Waals surface area contributed by atoms with Crippen molar-refractivity contribution in [3.8, 4) is 22.6 Å². The molecule has 0 spiro atoms. The number of hydrogen-bond acceptors (Lipinski definition) is 7. The fourth-order valence-corrected chi connectivity index (χ4v) is 4.73. The molecule has 0 aliphatic carbocycles. The van der Waals surface area contributed by atoms with E-state index in [-0.39, 0.29) is 11.0 Å². The number of carboxylic acid groups (broad SMARTS) is 1. The third-order valence-corrected chi connectivity index (χ3v) is 6.59. The van der Waals surface area contributed by atoms with Gasteiger partial charge in [0.15, 0.2) is 5.43 Å². The van der Waals surface area contributed by atoms with Crippen LogP contribution in [0.3, 0.4) is 0 Å². The number of benzene rings is 3. The van der Waals surface area contributed by atoms with Crippen LogP contribution in [-0.4, -0.2) is 24.3 Å². The number of carboxylic acids is 1. The van der Waals surface area contributed by atoms with Crippen molar-refractivity contribution in [2.24, 2.45) is 0 Å². The first kappa shape index (κ1) is 26.7. The molecule has 1 N–H and O–H groups in total. The van der Waals surface area contributed by atoms with Crippen LogP contribution >= 0.6 is 0 Å². The van der Waals surface area contributed by atoms with E-state index in [0.29, 0.717) is 70.8 Å². The number of fused-ring (bicyclic) bond motifs is 2. The van der Waals surface area contributed by atoms with Crippen LogP contribution < -0.4 is 20.3 Å². The zero-order chi connectivity index (χ0) is 28.2. The summed E-state index contributed by atoms with van der Waals surface area (Å²) in [4.78, 5) is 36.9. The fraction of sp³-hybridized carbons (Fsp3) is 0.219. The zero-order valence-electron chi connectivity index (χ0n) is 22.2. The highest BCUT2D eigenvalue weighted by molar-refractivity contribution is 5.89. The van der Waals surface area contributed by atoms with E-state index in [4.69, 9.17) is 18.3 Å². The van der Waals surface area contributed by atoms with Gasteiger partial charge >= 0.3 is 5.97 Å².